The lowest BCUT2D eigenvalue weighted by Crippen LogP contribution is -2.42. The molecule has 35 heavy (non-hydrogen) atoms. The number of ketones is 1. The molecule has 0 saturated carbocycles. The quantitative estimate of drug-likeness (QED) is 0.380. The van der Waals surface area contributed by atoms with Crippen molar-refractivity contribution in [2.75, 3.05) is 4.90 Å². The van der Waals surface area contributed by atoms with Crippen molar-refractivity contribution in [3.05, 3.63) is 117 Å². The number of aryl methyl sites for hydroxylation is 1. The second-order valence-electron chi connectivity index (χ2n) is 8.91. The lowest BCUT2D eigenvalue weighted by Gasteiger charge is -2.42. The first kappa shape index (κ1) is 23.1. The van der Waals surface area contributed by atoms with Gasteiger partial charge in [-0.2, -0.15) is 0 Å². The highest BCUT2D eigenvalue weighted by Gasteiger charge is 2.43. The van der Waals surface area contributed by atoms with E-state index in [1.165, 1.54) is 12.1 Å². The third-order valence-electron chi connectivity index (χ3n) is 6.59. The first-order valence-corrected chi connectivity index (χ1v) is 11.9. The molecule has 1 heterocycles. The van der Waals surface area contributed by atoms with Crippen LogP contribution in [0.4, 0.5) is 10.1 Å². The van der Waals surface area contributed by atoms with E-state index in [9.17, 15) is 19.7 Å². The van der Waals surface area contributed by atoms with E-state index >= 15 is 0 Å². The number of rotatable bonds is 3. The lowest BCUT2D eigenvalue weighted by atomic mass is 9.73. The standard InChI is InChI=1S/C29H24ClFN2O2/c1-17-4-2-5-22(16-17)33-23-6-3-7-24(34)26(23)25(18-10-14-21(31)15-11-18)27(29(33)32)28(35)19-8-12-20(30)13-9-19/h2,4-5,8-16,25,32,35H,3,6-7H2,1H3/b28-27+,32-29?. The average molecular weight is 487 g/mol. The molecule has 0 saturated heterocycles. The molecule has 0 spiro atoms. The van der Waals surface area contributed by atoms with Gasteiger partial charge in [-0.1, -0.05) is 35.9 Å². The van der Waals surface area contributed by atoms with Crippen molar-refractivity contribution in [1.82, 2.24) is 0 Å². The van der Waals surface area contributed by atoms with Crippen LogP contribution in [0.25, 0.3) is 5.76 Å². The van der Waals surface area contributed by atoms with E-state index in [0.717, 1.165) is 16.9 Å². The Hall–Kier alpha value is -3.70. The SMILES string of the molecule is Cc1cccc(N2C(=N)/C(=C(/O)c3ccc(Cl)cc3)C(c3ccc(F)cc3)C3=C2CCCC3=O)c1. The summed E-state index contributed by atoms with van der Waals surface area (Å²) >= 11 is 6.06. The number of hydrogen-bond acceptors (Lipinski definition) is 3. The van der Waals surface area contributed by atoms with Crippen LogP contribution in [-0.2, 0) is 4.79 Å². The van der Waals surface area contributed by atoms with E-state index in [1.807, 2.05) is 31.2 Å². The maximum atomic E-state index is 13.8. The fraction of sp³-hybridized carbons (Fsp3) is 0.172. The molecule has 0 bridgehead atoms. The van der Waals surface area contributed by atoms with Gasteiger partial charge in [-0.25, -0.2) is 4.39 Å². The Bertz CT molecular complexity index is 1390. The number of carbonyl (C=O) groups is 1. The molecule has 3 aromatic rings. The number of hydrogen-bond donors (Lipinski definition) is 2. The van der Waals surface area contributed by atoms with Crippen LogP contribution in [0.5, 0.6) is 0 Å². The molecular formula is C29H24ClFN2O2. The molecule has 0 aromatic heterocycles. The molecule has 1 unspecified atom stereocenters. The summed E-state index contributed by atoms with van der Waals surface area (Å²) in [4.78, 5) is 15.2. The number of nitrogens with zero attached hydrogens (tertiary/aromatic N) is 1. The van der Waals surface area contributed by atoms with Gasteiger partial charge < -0.3 is 5.11 Å². The Morgan fingerprint density at radius 2 is 1.77 bits per heavy atom. The van der Waals surface area contributed by atoms with Gasteiger partial charge in [-0.05, 0) is 79.4 Å². The Morgan fingerprint density at radius 1 is 1.06 bits per heavy atom. The predicted molar refractivity (Wildman–Crippen MR) is 137 cm³/mol. The van der Waals surface area contributed by atoms with E-state index in [4.69, 9.17) is 11.6 Å². The first-order valence-electron chi connectivity index (χ1n) is 11.5. The van der Waals surface area contributed by atoms with Crippen LogP contribution in [0, 0.1) is 18.2 Å². The molecule has 6 heteroatoms. The van der Waals surface area contributed by atoms with Gasteiger partial charge in [-0.3, -0.25) is 15.1 Å². The highest BCUT2D eigenvalue weighted by atomic mass is 35.5. The molecule has 4 nitrogen and oxygen atoms in total. The van der Waals surface area contributed by atoms with E-state index in [-0.39, 0.29) is 17.4 Å². The van der Waals surface area contributed by atoms with Crippen molar-refractivity contribution in [2.45, 2.75) is 32.1 Å². The summed E-state index contributed by atoms with van der Waals surface area (Å²) in [6, 6.07) is 20.4. The van der Waals surface area contributed by atoms with Crippen molar-refractivity contribution in [1.29, 1.82) is 5.41 Å². The lowest BCUT2D eigenvalue weighted by molar-refractivity contribution is -0.116. The van der Waals surface area contributed by atoms with Crippen molar-refractivity contribution in [2.24, 2.45) is 0 Å². The Balaban J connectivity index is 1.82. The second kappa shape index (κ2) is 9.16. The van der Waals surface area contributed by atoms with Gasteiger partial charge in [0.15, 0.2) is 5.78 Å². The van der Waals surface area contributed by atoms with Gasteiger partial charge in [0, 0.05) is 45.5 Å². The molecule has 1 aliphatic carbocycles. The van der Waals surface area contributed by atoms with Crippen molar-refractivity contribution < 1.29 is 14.3 Å². The van der Waals surface area contributed by atoms with Gasteiger partial charge in [0.1, 0.15) is 17.4 Å². The van der Waals surface area contributed by atoms with Gasteiger partial charge in [0.2, 0.25) is 0 Å². The van der Waals surface area contributed by atoms with Gasteiger partial charge in [0.25, 0.3) is 0 Å². The third kappa shape index (κ3) is 4.17. The van der Waals surface area contributed by atoms with Crippen LogP contribution in [0.2, 0.25) is 5.02 Å². The molecule has 0 radical (unpaired) electrons. The zero-order valence-electron chi connectivity index (χ0n) is 19.2. The minimum Gasteiger partial charge on any atom is -0.507 e. The molecule has 1 aliphatic heterocycles. The minimum absolute atomic E-state index is 0.0212. The summed E-state index contributed by atoms with van der Waals surface area (Å²) in [5.41, 5.74) is 4.53. The average Bonchev–Trinajstić information content (AvgIpc) is 2.84. The van der Waals surface area contributed by atoms with Crippen LogP contribution >= 0.6 is 11.6 Å². The molecule has 0 amide bonds. The normalized spacial score (nSPS) is 19.6. The summed E-state index contributed by atoms with van der Waals surface area (Å²) in [7, 11) is 0. The molecule has 5 rings (SSSR count). The number of nitrogens with one attached hydrogen (secondary N) is 1. The topological polar surface area (TPSA) is 64.4 Å². The number of allylic oxidation sites excluding steroid dienone is 2. The molecule has 0 fully saturated rings. The minimum atomic E-state index is -0.692. The van der Waals surface area contributed by atoms with Gasteiger partial charge >= 0.3 is 0 Å². The fourth-order valence-corrected chi connectivity index (χ4v) is 5.12. The zero-order valence-corrected chi connectivity index (χ0v) is 19.9. The van der Waals surface area contributed by atoms with Crippen LogP contribution in [0.15, 0.2) is 89.6 Å². The number of amidine groups is 1. The molecule has 2 aliphatic rings. The number of carbonyl (C=O) groups excluding carboxylic acids is 1. The zero-order chi connectivity index (χ0) is 24.7. The fourth-order valence-electron chi connectivity index (χ4n) is 5.00. The van der Waals surface area contributed by atoms with Crippen LogP contribution in [0.3, 0.4) is 0 Å². The van der Waals surface area contributed by atoms with Crippen molar-refractivity contribution in [3.63, 3.8) is 0 Å². The van der Waals surface area contributed by atoms with Gasteiger partial charge in [0.05, 0.1) is 0 Å². The smallest absolute Gasteiger partial charge is 0.161 e. The highest BCUT2D eigenvalue weighted by molar-refractivity contribution is 6.30. The molecule has 176 valence electrons. The summed E-state index contributed by atoms with van der Waals surface area (Å²) in [6.07, 6.45) is 1.70. The number of aliphatic hydroxyl groups excluding tert-OH is 1. The summed E-state index contributed by atoms with van der Waals surface area (Å²) in [6.45, 7) is 1.97. The van der Waals surface area contributed by atoms with Crippen LogP contribution < -0.4 is 4.90 Å². The summed E-state index contributed by atoms with van der Waals surface area (Å²) in [5, 5.41) is 21.4. The highest BCUT2D eigenvalue weighted by Crippen LogP contribution is 2.48. The summed E-state index contributed by atoms with van der Waals surface area (Å²) in [5.74, 6) is -1.12. The maximum absolute atomic E-state index is 13.8. The number of benzene rings is 3. The molecule has 1 atom stereocenters. The molecule has 3 aromatic carbocycles. The monoisotopic (exact) mass is 486 g/mol. The van der Waals surface area contributed by atoms with Crippen LogP contribution in [0.1, 0.15) is 41.9 Å². The largest absolute Gasteiger partial charge is 0.507 e. The number of anilines is 1. The second-order valence-corrected chi connectivity index (χ2v) is 9.35. The van der Waals surface area contributed by atoms with E-state index in [2.05, 4.69) is 0 Å². The Kier molecular flexibility index (Phi) is 6.03. The summed E-state index contributed by atoms with van der Waals surface area (Å²) < 4.78 is 13.8. The molecular weight excluding hydrogens is 463 g/mol. The van der Waals surface area contributed by atoms with Gasteiger partial charge in [-0.15, -0.1) is 0 Å². The Morgan fingerprint density at radius 3 is 2.46 bits per heavy atom. The van der Waals surface area contributed by atoms with Crippen molar-refractivity contribution in [3.8, 4) is 0 Å². The van der Waals surface area contributed by atoms with Crippen LogP contribution in [-0.4, -0.2) is 16.7 Å². The predicted octanol–water partition coefficient (Wildman–Crippen LogP) is 7.34. The number of Topliss-reactive ketones (excluding diaryl/α,β-unsaturated/α-hetero) is 1. The molecule has 2 N–H and O–H groups in total. The van der Waals surface area contributed by atoms with E-state index < -0.39 is 11.7 Å². The van der Waals surface area contributed by atoms with Crippen molar-refractivity contribution >= 4 is 34.7 Å². The Labute approximate surface area is 208 Å². The number of halogens is 2. The van der Waals surface area contributed by atoms with E-state index in [0.29, 0.717) is 46.6 Å². The van der Waals surface area contributed by atoms with E-state index in [1.54, 1.807) is 41.3 Å². The first-order chi connectivity index (χ1) is 16.8. The number of aliphatic hydroxyl groups is 1. The maximum Gasteiger partial charge on any atom is 0.161 e. The third-order valence-corrected chi connectivity index (χ3v) is 6.84.